The maximum atomic E-state index is 6.10. The monoisotopic (exact) mass is 150 g/mol. The Balaban J connectivity index is 2.53. The first kappa shape index (κ1) is 9.16. The fourth-order valence-electron chi connectivity index (χ4n) is 1.84. The van der Waals surface area contributed by atoms with E-state index in [1.54, 1.807) is 0 Å². The first-order valence-electron chi connectivity index (χ1n) is 4.70. The Morgan fingerprint density at radius 3 is 2.18 bits per heavy atom. The summed E-state index contributed by atoms with van der Waals surface area (Å²) in [7, 11) is 6.10. The zero-order valence-corrected chi connectivity index (χ0v) is 8.11. The first-order chi connectivity index (χ1) is 4.91. The summed E-state index contributed by atoms with van der Waals surface area (Å²) in [4.78, 5) is 0. The zero-order valence-electron chi connectivity index (χ0n) is 8.11. The molecule has 1 atom stereocenters. The van der Waals surface area contributed by atoms with E-state index >= 15 is 0 Å². The van der Waals surface area contributed by atoms with Crippen molar-refractivity contribution in [2.24, 2.45) is 5.41 Å². The van der Waals surface area contributed by atoms with E-state index < -0.39 is 0 Å². The van der Waals surface area contributed by atoms with E-state index in [-0.39, 0.29) is 5.31 Å². The van der Waals surface area contributed by atoms with Gasteiger partial charge in [-0.15, -0.1) is 0 Å². The Labute approximate surface area is 72.2 Å². The molecule has 0 nitrogen and oxygen atoms in total. The molecule has 1 fully saturated rings. The summed E-state index contributed by atoms with van der Waals surface area (Å²) in [6.07, 6.45) is 6.34. The number of hydrogen-bond acceptors (Lipinski definition) is 0. The average Bonchev–Trinajstić information content (AvgIpc) is 1.92. The van der Waals surface area contributed by atoms with Crippen LogP contribution in [0.3, 0.4) is 0 Å². The molecule has 0 heterocycles. The van der Waals surface area contributed by atoms with Gasteiger partial charge in [-0.25, -0.2) is 0 Å². The molecule has 0 amide bonds. The minimum atomic E-state index is 0.119. The van der Waals surface area contributed by atoms with Crippen LogP contribution in [0.15, 0.2) is 0 Å². The second-order valence-corrected chi connectivity index (χ2v) is 5.17. The van der Waals surface area contributed by atoms with E-state index in [1.807, 2.05) is 0 Å². The van der Waals surface area contributed by atoms with Crippen LogP contribution in [0.5, 0.6) is 0 Å². The molecule has 0 aromatic rings. The Morgan fingerprint density at radius 1 is 0.909 bits per heavy atom. The van der Waals surface area contributed by atoms with Crippen molar-refractivity contribution in [1.29, 1.82) is 0 Å². The molecule has 1 rings (SSSR count). The number of rotatable bonds is 0. The summed E-state index contributed by atoms with van der Waals surface area (Å²) in [5.41, 5.74) is 0.539. The van der Waals surface area contributed by atoms with E-state index in [1.165, 1.54) is 32.1 Å². The molecule has 2 radical (unpaired) electrons. The summed E-state index contributed by atoms with van der Waals surface area (Å²) < 4.78 is 0. The predicted octanol–water partition coefficient (Wildman–Crippen LogP) is 3.32. The first-order valence-corrected chi connectivity index (χ1v) is 4.70. The maximum Gasteiger partial charge on any atom is 0.0742 e. The molecule has 62 valence electrons. The second kappa shape index (κ2) is 2.84. The summed E-state index contributed by atoms with van der Waals surface area (Å²) in [5.74, 6) is 0. The van der Waals surface area contributed by atoms with Gasteiger partial charge in [0.25, 0.3) is 0 Å². The Morgan fingerprint density at radius 2 is 1.55 bits per heavy atom. The average molecular weight is 150 g/mol. The third-order valence-electron chi connectivity index (χ3n) is 2.97. The molecule has 1 aliphatic rings. The standard InChI is InChI=1S/C10H19B/c1-9(2)5-4-6-10(3,11)8-7-9/h4-8H2,1-3H3. The van der Waals surface area contributed by atoms with Crippen LogP contribution in [-0.2, 0) is 0 Å². The lowest BCUT2D eigenvalue weighted by molar-refractivity contribution is 0.311. The maximum absolute atomic E-state index is 6.10. The largest absolute Gasteiger partial charge is 0.0742 e. The molecule has 1 heteroatoms. The van der Waals surface area contributed by atoms with Crippen LogP contribution in [0.4, 0.5) is 0 Å². The van der Waals surface area contributed by atoms with Gasteiger partial charge >= 0.3 is 0 Å². The van der Waals surface area contributed by atoms with Crippen molar-refractivity contribution < 1.29 is 0 Å². The van der Waals surface area contributed by atoms with Gasteiger partial charge in [0.1, 0.15) is 0 Å². The van der Waals surface area contributed by atoms with Crippen molar-refractivity contribution in [2.45, 2.75) is 58.2 Å². The van der Waals surface area contributed by atoms with Crippen molar-refractivity contribution in [1.82, 2.24) is 0 Å². The smallest absolute Gasteiger partial charge is 0.0688 e. The molecule has 0 bridgehead atoms. The third-order valence-corrected chi connectivity index (χ3v) is 2.97. The molecule has 0 aromatic carbocycles. The van der Waals surface area contributed by atoms with Crippen LogP contribution in [0.1, 0.15) is 52.9 Å². The fraction of sp³-hybridized carbons (Fsp3) is 1.00. The van der Waals surface area contributed by atoms with E-state index in [0.29, 0.717) is 5.41 Å². The lowest BCUT2D eigenvalue weighted by Gasteiger charge is -2.25. The Hall–Kier alpha value is 0.0649. The lowest BCUT2D eigenvalue weighted by Crippen LogP contribution is -2.10. The van der Waals surface area contributed by atoms with E-state index in [4.69, 9.17) is 7.85 Å². The van der Waals surface area contributed by atoms with Crippen molar-refractivity contribution >= 4 is 7.85 Å². The molecule has 1 aliphatic carbocycles. The van der Waals surface area contributed by atoms with Gasteiger partial charge in [0.2, 0.25) is 0 Å². The summed E-state index contributed by atoms with van der Waals surface area (Å²) in [6.45, 7) is 6.90. The molecule has 0 aliphatic heterocycles. The van der Waals surface area contributed by atoms with Gasteiger partial charge in [0, 0.05) is 0 Å². The van der Waals surface area contributed by atoms with Crippen LogP contribution in [0, 0.1) is 5.41 Å². The van der Waals surface area contributed by atoms with Crippen LogP contribution < -0.4 is 0 Å². The molecular formula is C10H19B. The third kappa shape index (κ3) is 2.88. The second-order valence-electron chi connectivity index (χ2n) is 5.17. The van der Waals surface area contributed by atoms with Crippen LogP contribution in [-0.4, -0.2) is 7.85 Å². The molecule has 1 unspecified atom stereocenters. The summed E-state index contributed by atoms with van der Waals surface area (Å²) >= 11 is 0. The Kier molecular flexibility index (Phi) is 2.36. The molecule has 0 N–H and O–H groups in total. The van der Waals surface area contributed by atoms with E-state index in [0.717, 1.165) is 0 Å². The van der Waals surface area contributed by atoms with Gasteiger partial charge in [0.05, 0.1) is 7.85 Å². The highest BCUT2D eigenvalue weighted by molar-refractivity contribution is 6.14. The van der Waals surface area contributed by atoms with Crippen LogP contribution >= 0.6 is 0 Å². The minimum Gasteiger partial charge on any atom is -0.0688 e. The predicted molar refractivity (Wildman–Crippen MR) is 51.0 cm³/mol. The van der Waals surface area contributed by atoms with Crippen LogP contribution in [0.25, 0.3) is 0 Å². The highest BCUT2D eigenvalue weighted by atomic mass is 14.3. The van der Waals surface area contributed by atoms with Crippen molar-refractivity contribution in [3.8, 4) is 0 Å². The van der Waals surface area contributed by atoms with Gasteiger partial charge in [-0.2, -0.15) is 0 Å². The van der Waals surface area contributed by atoms with Gasteiger partial charge < -0.3 is 0 Å². The number of hydrogen-bond donors (Lipinski definition) is 0. The molecule has 0 spiro atoms. The SMILES string of the molecule is [B]C1(C)CCCC(C)(C)CC1. The molecule has 11 heavy (non-hydrogen) atoms. The van der Waals surface area contributed by atoms with Gasteiger partial charge in [0.15, 0.2) is 0 Å². The minimum absolute atomic E-state index is 0.119. The quantitative estimate of drug-likeness (QED) is 0.367. The summed E-state index contributed by atoms with van der Waals surface area (Å²) in [6, 6.07) is 0. The van der Waals surface area contributed by atoms with Gasteiger partial charge in [-0.1, -0.05) is 45.3 Å². The van der Waals surface area contributed by atoms with Crippen molar-refractivity contribution in [2.75, 3.05) is 0 Å². The lowest BCUT2D eigenvalue weighted by atomic mass is 9.65. The van der Waals surface area contributed by atoms with Gasteiger partial charge in [-0.3, -0.25) is 0 Å². The highest BCUT2D eigenvalue weighted by Crippen LogP contribution is 2.44. The van der Waals surface area contributed by atoms with E-state index in [2.05, 4.69) is 20.8 Å². The topological polar surface area (TPSA) is 0 Å². The normalized spacial score (nSPS) is 38.1. The Bertz CT molecular complexity index is 120. The molecule has 0 aromatic heterocycles. The molecule has 1 saturated carbocycles. The van der Waals surface area contributed by atoms with Gasteiger partial charge in [-0.05, 0) is 18.3 Å². The van der Waals surface area contributed by atoms with Crippen LogP contribution in [0.2, 0.25) is 5.31 Å². The highest BCUT2D eigenvalue weighted by Gasteiger charge is 2.27. The van der Waals surface area contributed by atoms with E-state index in [9.17, 15) is 0 Å². The molecule has 0 saturated heterocycles. The summed E-state index contributed by atoms with van der Waals surface area (Å²) in [5, 5.41) is 0.119. The van der Waals surface area contributed by atoms with Crippen molar-refractivity contribution in [3.05, 3.63) is 0 Å². The zero-order chi connectivity index (χ0) is 8.54. The molecular weight excluding hydrogens is 131 g/mol. The fourth-order valence-corrected chi connectivity index (χ4v) is 1.84. The van der Waals surface area contributed by atoms with Crippen molar-refractivity contribution in [3.63, 3.8) is 0 Å².